The van der Waals surface area contributed by atoms with Crippen molar-refractivity contribution in [2.24, 2.45) is 0 Å². The number of aliphatic hydroxyl groups excluding tert-OH is 1. The number of likely N-dealkylation sites (N-methyl/N-ethyl adjacent to an activating group) is 2. The second-order valence-electron chi connectivity index (χ2n) is 6.45. The molecule has 112 valence electrons. The molecule has 2 aliphatic rings. The average molecular weight is 270 g/mol. The highest BCUT2D eigenvalue weighted by molar-refractivity contribution is 4.87. The number of rotatable bonds is 5. The molecule has 0 spiro atoms. The van der Waals surface area contributed by atoms with E-state index in [4.69, 9.17) is 0 Å². The van der Waals surface area contributed by atoms with Gasteiger partial charge in [0, 0.05) is 58.4 Å². The average Bonchev–Trinajstić information content (AvgIpc) is 2.68. The van der Waals surface area contributed by atoms with Gasteiger partial charge in [0.25, 0.3) is 0 Å². The Bertz CT molecular complexity index is 266. The van der Waals surface area contributed by atoms with Crippen molar-refractivity contribution >= 4 is 0 Å². The maximum Gasteiger partial charge on any atom is 0.0682 e. The van der Waals surface area contributed by atoms with Crippen LogP contribution in [0.2, 0.25) is 0 Å². The van der Waals surface area contributed by atoms with Gasteiger partial charge in [-0.25, -0.2) is 0 Å². The summed E-state index contributed by atoms with van der Waals surface area (Å²) in [6, 6.07) is 0.525. The van der Waals surface area contributed by atoms with Crippen LogP contribution < -0.4 is 0 Å². The first kappa shape index (κ1) is 15.2. The summed E-state index contributed by atoms with van der Waals surface area (Å²) >= 11 is 0. The molecule has 2 aliphatic heterocycles. The van der Waals surface area contributed by atoms with E-state index in [0.29, 0.717) is 6.04 Å². The maximum atomic E-state index is 9.87. The summed E-state index contributed by atoms with van der Waals surface area (Å²) in [5, 5.41) is 9.87. The lowest BCUT2D eigenvalue weighted by Gasteiger charge is -2.34. The van der Waals surface area contributed by atoms with E-state index in [0.717, 1.165) is 32.6 Å². The summed E-state index contributed by atoms with van der Waals surface area (Å²) in [5.74, 6) is 0. The number of likely N-dealkylation sites (tertiary alicyclic amines) is 1. The molecule has 5 heteroatoms. The van der Waals surface area contributed by atoms with Crippen LogP contribution in [0.3, 0.4) is 0 Å². The molecule has 0 aliphatic carbocycles. The smallest absolute Gasteiger partial charge is 0.0682 e. The van der Waals surface area contributed by atoms with Gasteiger partial charge in [0.05, 0.1) is 6.10 Å². The van der Waals surface area contributed by atoms with E-state index < -0.39 is 0 Å². The first-order chi connectivity index (χ1) is 9.04. The van der Waals surface area contributed by atoms with E-state index in [1.54, 1.807) is 0 Å². The fourth-order valence-electron chi connectivity index (χ4n) is 3.18. The molecule has 2 heterocycles. The number of piperazine rings is 1. The zero-order valence-electron chi connectivity index (χ0n) is 12.8. The number of aliphatic hydroxyl groups is 1. The third kappa shape index (κ3) is 4.68. The molecule has 2 fully saturated rings. The van der Waals surface area contributed by atoms with Crippen molar-refractivity contribution < 1.29 is 5.11 Å². The van der Waals surface area contributed by atoms with Crippen molar-refractivity contribution in [3.05, 3.63) is 0 Å². The highest BCUT2D eigenvalue weighted by atomic mass is 16.3. The van der Waals surface area contributed by atoms with Gasteiger partial charge < -0.3 is 14.9 Å². The van der Waals surface area contributed by atoms with Gasteiger partial charge in [-0.15, -0.1) is 0 Å². The molecule has 1 N–H and O–H groups in total. The van der Waals surface area contributed by atoms with Crippen LogP contribution in [0.4, 0.5) is 0 Å². The predicted molar refractivity (Wildman–Crippen MR) is 78.5 cm³/mol. The lowest BCUT2D eigenvalue weighted by atomic mass is 10.2. The van der Waals surface area contributed by atoms with Crippen molar-refractivity contribution in [1.29, 1.82) is 0 Å². The van der Waals surface area contributed by atoms with Gasteiger partial charge in [0.1, 0.15) is 0 Å². The summed E-state index contributed by atoms with van der Waals surface area (Å²) in [6.07, 6.45) is 0.804. The van der Waals surface area contributed by atoms with Gasteiger partial charge in [0.2, 0.25) is 0 Å². The van der Waals surface area contributed by atoms with Crippen LogP contribution in [0.25, 0.3) is 0 Å². The first-order valence-electron chi connectivity index (χ1n) is 7.52. The monoisotopic (exact) mass is 270 g/mol. The minimum atomic E-state index is -0.127. The molecule has 2 atom stereocenters. The fourth-order valence-corrected chi connectivity index (χ4v) is 3.18. The Hall–Kier alpha value is -0.200. The van der Waals surface area contributed by atoms with Gasteiger partial charge in [-0.05, 0) is 27.6 Å². The second kappa shape index (κ2) is 6.99. The minimum absolute atomic E-state index is 0.127. The molecule has 19 heavy (non-hydrogen) atoms. The molecule has 5 nitrogen and oxygen atoms in total. The lowest BCUT2D eigenvalue weighted by molar-refractivity contribution is 0.121. The number of hydrogen-bond donors (Lipinski definition) is 1. The normalized spacial score (nSPS) is 31.4. The lowest BCUT2D eigenvalue weighted by Crippen LogP contribution is -2.48. The number of nitrogens with zero attached hydrogens (tertiary/aromatic N) is 4. The Morgan fingerprint density at radius 1 is 1.11 bits per heavy atom. The standard InChI is InChI=1S/C14H30N4O/c1-15(2)11-13-10-14(19)12-18(13)9-8-17-6-4-16(3)5-7-17/h13-14,19H,4-12H2,1-3H3. The highest BCUT2D eigenvalue weighted by Crippen LogP contribution is 2.18. The zero-order valence-corrected chi connectivity index (χ0v) is 12.8. The van der Waals surface area contributed by atoms with Crippen LogP contribution >= 0.6 is 0 Å². The van der Waals surface area contributed by atoms with Crippen LogP contribution in [0.1, 0.15) is 6.42 Å². The van der Waals surface area contributed by atoms with Crippen molar-refractivity contribution in [2.75, 3.05) is 73.5 Å². The summed E-state index contributed by atoms with van der Waals surface area (Å²) in [6.45, 7) is 8.89. The van der Waals surface area contributed by atoms with Crippen LogP contribution in [-0.4, -0.2) is 110 Å². The third-order valence-electron chi connectivity index (χ3n) is 4.38. The van der Waals surface area contributed by atoms with Crippen molar-refractivity contribution in [2.45, 2.75) is 18.6 Å². The molecule has 0 aromatic heterocycles. The van der Waals surface area contributed by atoms with Crippen LogP contribution in [-0.2, 0) is 0 Å². The van der Waals surface area contributed by atoms with Gasteiger partial charge in [-0.2, -0.15) is 0 Å². The summed E-state index contributed by atoms with van der Waals surface area (Å²) < 4.78 is 0. The van der Waals surface area contributed by atoms with Gasteiger partial charge in [-0.1, -0.05) is 0 Å². The molecule has 0 aromatic rings. The van der Waals surface area contributed by atoms with Crippen molar-refractivity contribution in [1.82, 2.24) is 19.6 Å². The van der Waals surface area contributed by atoms with Crippen molar-refractivity contribution in [3.63, 3.8) is 0 Å². The molecular formula is C14H30N4O. The summed E-state index contributed by atoms with van der Waals surface area (Å²) in [7, 11) is 6.42. The predicted octanol–water partition coefficient (Wildman–Crippen LogP) is -0.769. The Kier molecular flexibility index (Phi) is 5.59. The van der Waals surface area contributed by atoms with Gasteiger partial charge in [0.15, 0.2) is 0 Å². The largest absolute Gasteiger partial charge is 0.392 e. The van der Waals surface area contributed by atoms with Crippen LogP contribution in [0, 0.1) is 0 Å². The Morgan fingerprint density at radius 2 is 1.79 bits per heavy atom. The van der Waals surface area contributed by atoms with E-state index >= 15 is 0 Å². The van der Waals surface area contributed by atoms with E-state index in [1.807, 2.05) is 0 Å². The number of hydrogen-bond acceptors (Lipinski definition) is 5. The Morgan fingerprint density at radius 3 is 2.42 bits per heavy atom. The molecule has 0 amide bonds. The van der Waals surface area contributed by atoms with Gasteiger partial charge in [-0.3, -0.25) is 9.80 Å². The van der Waals surface area contributed by atoms with Gasteiger partial charge >= 0.3 is 0 Å². The number of β-amino-alcohol motifs (C(OH)–C–C–N with tert-alkyl or cyclic N) is 1. The van der Waals surface area contributed by atoms with E-state index in [1.165, 1.54) is 26.2 Å². The molecule has 2 rings (SSSR count). The van der Waals surface area contributed by atoms with E-state index in [2.05, 4.69) is 40.7 Å². The zero-order chi connectivity index (χ0) is 13.8. The van der Waals surface area contributed by atoms with Crippen LogP contribution in [0.5, 0.6) is 0 Å². The van der Waals surface area contributed by atoms with E-state index in [9.17, 15) is 5.11 Å². The SMILES string of the molecule is CN(C)CC1CC(O)CN1CCN1CCN(C)CC1. The molecule has 0 aromatic carbocycles. The molecule has 0 radical (unpaired) electrons. The Labute approximate surface area is 117 Å². The van der Waals surface area contributed by atoms with E-state index in [-0.39, 0.29) is 6.10 Å². The maximum absolute atomic E-state index is 9.87. The fraction of sp³-hybridized carbons (Fsp3) is 1.00. The second-order valence-corrected chi connectivity index (χ2v) is 6.45. The topological polar surface area (TPSA) is 33.2 Å². The molecule has 0 saturated carbocycles. The highest BCUT2D eigenvalue weighted by Gasteiger charge is 2.31. The molecular weight excluding hydrogens is 240 g/mol. The molecule has 2 unspecified atom stereocenters. The minimum Gasteiger partial charge on any atom is -0.392 e. The summed E-state index contributed by atoms with van der Waals surface area (Å²) in [4.78, 5) is 9.65. The summed E-state index contributed by atoms with van der Waals surface area (Å²) in [5.41, 5.74) is 0. The Balaban J connectivity index is 1.74. The molecule has 2 saturated heterocycles. The first-order valence-corrected chi connectivity index (χ1v) is 7.52. The molecule has 0 bridgehead atoms. The quantitative estimate of drug-likeness (QED) is 0.709. The van der Waals surface area contributed by atoms with Crippen LogP contribution in [0.15, 0.2) is 0 Å². The third-order valence-corrected chi connectivity index (χ3v) is 4.38. The van der Waals surface area contributed by atoms with Crippen molar-refractivity contribution in [3.8, 4) is 0 Å².